The molecule has 8 heteroatoms. The van der Waals surface area contributed by atoms with E-state index < -0.39 is 10.8 Å². The number of halogens is 1. The first-order valence-electron chi connectivity index (χ1n) is 9.04. The van der Waals surface area contributed by atoms with Crippen molar-refractivity contribution in [1.82, 2.24) is 10.2 Å². The molecule has 1 unspecified atom stereocenters. The molecule has 1 aliphatic heterocycles. The van der Waals surface area contributed by atoms with Gasteiger partial charge in [-0.1, -0.05) is 24.4 Å². The number of hydrogen-bond donors (Lipinski definition) is 1. The summed E-state index contributed by atoms with van der Waals surface area (Å²) in [6, 6.07) is 6.09. The Morgan fingerprint density at radius 1 is 1.26 bits per heavy atom. The highest BCUT2D eigenvalue weighted by atomic mass is 35.5. The van der Waals surface area contributed by atoms with Gasteiger partial charge < -0.3 is 5.32 Å². The largest absolute Gasteiger partial charge is 0.350 e. The van der Waals surface area contributed by atoms with Crippen molar-refractivity contribution in [2.24, 2.45) is 0 Å². The van der Waals surface area contributed by atoms with Crippen molar-refractivity contribution >= 4 is 34.5 Å². The first-order chi connectivity index (χ1) is 13.1. The zero-order valence-electron chi connectivity index (χ0n) is 14.9. The predicted molar refractivity (Wildman–Crippen MR) is 108 cm³/mol. The molecule has 1 saturated heterocycles. The van der Waals surface area contributed by atoms with Crippen LogP contribution in [0.4, 0.5) is 5.69 Å². The lowest BCUT2D eigenvalue weighted by Crippen LogP contribution is -2.38. The summed E-state index contributed by atoms with van der Waals surface area (Å²) in [7, 11) is 0. The Balaban J connectivity index is 1.74. The van der Waals surface area contributed by atoms with Crippen LogP contribution in [0.5, 0.6) is 0 Å². The van der Waals surface area contributed by atoms with Crippen molar-refractivity contribution in [3.8, 4) is 0 Å². The van der Waals surface area contributed by atoms with E-state index in [0.717, 1.165) is 25.9 Å². The molecule has 1 aliphatic rings. The van der Waals surface area contributed by atoms with Crippen LogP contribution in [-0.4, -0.2) is 35.4 Å². The molecule has 6 nitrogen and oxygen atoms in total. The van der Waals surface area contributed by atoms with Crippen molar-refractivity contribution in [3.05, 3.63) is 61.3 Å². The number of nitro benzene ring substituents is 1. The molecule has 2 heterocycles. The minimum atomic E-state index is -0.529. The van der Waals surface area contributed by atoms with Crippen LogP contribution in [0.2, 0.25) is 5.02 Å². The number of nitro groups is 1. The quantitative estimate of drug-likeness (QED) is 0.558. The fourth-order valence-corrected chi connectivity index (χ4v) is 4.33. The van der Waals surface area contributed by atoms with E-state index in [-0.39, 0.29) is 22.3 Å². The summed E-state index contributed by atoms with van der Waals surface area (Å²) < 4.78 is 0. The predicted octanol–water partition coefficient (Wildman–Crippen LogP) is 4.66. The molecular weight excluding hydrogens is 386 g/mol. The summed E-state index contributed by atoms with van der Waals surface area (Å²) in [5.74, 6) is -0.390. The van der Waals surface area contributed by atoms with Crippen LogP contribution >= 0.6 is 22.9 Å². The fraction of sp³-hybridized carbons (Fsp3) is 0.421. The Bertz CT molecular complexity index is 790. The first kappa shape index (κ1) is 19.8. The maximum absolute atomic E-state index is 12.6. The zero-order valence-corrected chi connectivity index (χ0v) is 16.5. The minimum Gasteiger partial charge on any atom is -0.350 e. The molecule has 0 aliphatic carbocycles. The SMILES string of the molecule is O=C(NCC(c1ccsc1)N1CCCCCC1)c1cc([N+](=O)[O-])ccc1Cl. The molecule has 1 amide bonds. The molecule has 1 aromatic heterocycles. The topological polar surface area (TPSA) is 75.5 Å². The van der Waals surface area contributed by atoms with Gasteiger partial charge in [-0.2, -0.15) is 11.3 Å². The lowest BCUT2D eigenvalue weighted by atomic mass is 10.1. The number of amides is 1. The van der Waals surface area contributed by atoms with Gasteiger partial charge >= 0.3 is 0 Å². The number of benzene rings is 1. The number of carbonyl (C=O) groups excluding carboxylic acids is 1. The summed E-state index contributed by atoms with van der Waals surface area (Å²) >= 11 is 7.73. The van der Waals surface area contributed by atoms with E-state index in [4.69, 9.17) is 11.6 Å². The maximum Gasteiger partial charge on any atom is 0.270 e. The molecule has 0 bridgehead atoms. The third-order valence-corrected chi connectivity index (χ3v) is 5.90. The maximum atomic E-state index is 12.6. The van der Waals surface area contributed by atoms with Crippen molar-refractivity contribution in [3.63, 3.8) is 0 Å². The van der Waals surface area contributed by atoms with Gasteiger partial charge in [0.2, 0.25) is 0 Å². The summed E-state index contributed by atoms with van der Waals surface area (Å²) in [6.07, 6.45) is 4.79. The smallest absolute Gasteiger partial charge is 0.270 e. The van der Waals surface area contributed by atoms with Gasteiger partial charge in [0.25, 0.3) is 11.6 Å². The van der Waals surface area contributed by atoms with Crippen LogP contribution in [-0.2, 0) is 0 Å². The van der Waals surface area contributed by atoms with Crippen molar-refractivity contribution < 1.29 is 9.72 Å². The number of hydrogen-bond acceptors (Lipinski definition) is 5. The molecular formula is C19H22ClN3O3S. The first-order valence-corrected chi connectivity index (χ1v) is 10.4. The standard InChI is InChI=1S/C19H22ClN3O3S/c20-17-6-5-15(23(25)26)11-16(17)19(24)21-12-18(14-7-10-27-13-14)22-8-3-1-2-4-9-22/h5-7,10-11,13,18H,1-4,8-9,12H2,(H,21,24). The molecule has 1 aromatic carbocycles. The van der Waals surface area contributed by atoms with Crippen LogP contribution in [0.1, 0.15) is 47.6 Å². The number of carbonyl (C=O) groups is 1. The second-order valence-corrected chi connectivity index (χ2v) is 7.84. The summed E-state index contributed by atoms with van der Waals surface area (Å²) in [5, 5.41) is 18.3. The third kappa shape index (κ3) is 5.06. The van der Waals surface area contributed by atoms with E-state index in [0.29, 0.717) is 6.54 Å². The molecule has 0 spiro atoms. The van der Waals surface area contributed by atoms with E-state index in [2.05, 4.69) is 21.7 Å². The van der Waals surface area contributed by atoms with Crippen LogP contribution in [0.25, 0.3) is 0 Å². The van der Waals surface area contributed by atoms with Gasteiger partial charge in [0.1, 0.15) is 0 Å². The highest BCUT2D eigenvalue weighted by Crippen LogP contribution is 2.26. The van der Waals surface area contributed by atoms with E-state index in [1.807, 2.05) is 5.38 Å². The Kier molecular flexibility index (Phi) is 6.82. The summed E-state index contributed by atoms with van der Waals surface area (Å²) in [5.41, 5.74) is 1.17. The van der Waals surface area contributed by atoms with Crippen LogP contribution in [0.15, 0.2) is 35.0 Å². The van der Waals surface area contributed by atoms with E-state index in [1.54, 1.807) is 11.3 Å². The lowest BCUT2D eigenvalue weighted by Gasteiger charge is -2.30. The second-order valence-electron chi connectivity index (χ2n) is 6.65. The van der Waals surface area contributed by atoms with E-state index in [1.165, 1.54) is 36.6 Å². The Hall–Kier alpha value is -1.96. The number of nitrogens with zero attached hydrogens (tertiary/aromatic N) is 2. The van der Waals surface area contributed by atoms with Crippen LogP contribution in [0.3, 0.4) is 0 Å². The molecule has 27 heavy (non-hydrogen) atoms. The molecule has 1 fully saturated rings. The summed E-state index contributed by atoms with van der Waals surface area (Å²) in [6.45, 7) is 2.45. The van der Waals surface area contributed by atoms with E-state index >= 15 is 0 Å². The van der Waals surface area contributed by atoms with Crippen LogP contribution in [0, 0.1) is 10.1 Å². The minimum absolute atomic E-state index is 0.0933. The highest BCUT2D eigenvalue weighted by molar-refractivity contribution is 7.08. The Morgan fingerprint density at radius 3 is 2.63 bits per heavy atom. The number of rotatable bonds is 6. The van der Waals surface area contributed by atoms with Crippen molar-refractivity contribution in [2.45, 2.75) is 31.7 Å². The third-order valence-electron chi connectivity index (χ3n) is 4.87. The van der Waals surface area contributed by atoms with Crippen LogP contribution < -0.4 is 5.32 Å². The normalized spacial score (nSPS) is 16.5. The van der Waals surface area contributed by atoms with Gasteiger partial charge in [-0.05, 0) is 54.4 Å². The van der Waals surface area contributed by atoms with Gasteiger partial charge in [0.15, 0.2) is 0 Å². The summed E-state index contributed by atoms with van der Waals surface area (Å²) in [4.78, 5) is 25.5. The van der Waals surface area contributed by atoms with Crippen molar-refractivity contribution in [2.75, 3.05) is 19.6 Å². The number of non-ortho nitro benzene ring substituents is 1. The number of nitrogens with one attached hydrogen (secondary N) is 1. The number of likely N-dealkylation sites (tertiary alicyclic amines) is 1. The average Bonchev–Trinajstić information content (AvgIpc) is 3.05. The molecule has 0 saturated carbocycles. The molecule has 1 atom stereocenters. The Morgan fingerprint density at radius 2 is 2.00 bits per heavy atom. The average molecular weight is 408 g/mol. The van der Waals surface area contributed by atoms with Gasteiger partial charge in [0, 0.05) is 18.7 Å². The monoisotopic (exact) mass is 407 g/mol. The fourth-order valence-electron chi connectivity index (χ4n) is 3.41. The Labute approximate surface area is 167 Å². The molecule has 1 N–H and O–H groups in total. The van der Waals surface area contributed by atoms with Gasteiger partial charge in [-0.3, -0.25) is 19.8 Å². The van der Waals surface area contributed by atoms with Crippen molar-refractivity contribution in [1.29, 1.82) is 0 Å². The molecule has 2 aromatic rings. The second kappa shape index (κ2) is 9.30. The highest BCUT2D eigenvalue weighted by Gasteiger charge is 2.23. The molecule has 144 valence electrons. The zero-order chi connectivity index (χ0) is 19.2. The van der Waals surface area contributed by atoms with Gasteiger partial charge in [-0.15, -0.1) is 0 Å². The number of thiophene rings is 1. The van der Waals surface area contributed by atoms with E-state index in [9.17, 15) is 14.9 Å². The van der Waals surface area contributed by atoms with Gasteiger partial charge in [0.05, 0.1) is 21.6 Å². The van der Waals surface area contributed by atoms with Gasteiger partial charge in [-0.25, -0.2) is 0 Å². The molecule has 0 radical (unpaired) electrons. The molecule has 3 rings (SSSR count). The lowest BCUT2D eigenvalue weighted by molar-refractivity contribution is -0.384.